The lowest BCUT2D eigenvalue weighted by molar-refractivity contribution is -0.121. The number of nitrogens with zero attached hydrogens (tertiary/aromatic N) is 2. The van der Waals surface area contributed by atoms with Crippen molar-refractivity contribution >= 4 is 21.8 Å². The molecule has 3 rings (SSSR count). The van der Waals surface area contributed by atoms with E-state index >= 15 is 0 Å². The molecule has 32 heavy (non-hydrogen) atoms. The summed E-state index contributed by atoms with van der Waals surface area (Å²) in [7, 11) is -3.70. The number of amides is 2. The molecule has 2 aromatic rings. The number of ether oxygens (including phenoxy) is 1. The van der Waals surface area contributed by atoms with Crippen LogP contribution in [0.15, 0.2) is 53.7 Å². The molecule has 0 aliphatic carbocycles. The predicted octanol–water partition coefficient (Wildman–Crippen LogP) is 1.57. The summed E-state index contributed by atoms with van der Waals surface area (Å²) in [4.78, 5) is 30.5. The van der Waals surface area contributed by atoms with Gasteiger partial charge in [-0.25, -0.2) is 13.1 Å². The monoisotopic (exact) mass is 460 g/mol. The van der Waals surface area contributed by atoms with Crippen molar-refractivity contribution in [3.63, 3.8) is 0 Å². The third-order valence-corrected chi connectivity index (χ3v) is 6.64. The Morgan fingerprint density at radius 2 is 1.75 bits per heavy atom. The molecule has 1 aromatic heterocycles. The second-order valence-corrected chi connectivity index (χ2v) is 9.19. The maximum Gasteiger partial charge on any atom is 0.253 e. The Kier molecular flexibility index (Phi) is 8.18. The van der Waals surface area contributed by atoms with Crippen LogP contribution in [0.1, 0.15) is 36.5 Å². The Morgan fingerprint density at radius 3 is 2.38 bits per heavy atom. The molecule has 1 aromatic carbocycles. The topological polar surface area (TPSA) is 118 Å². The van der Waals surface area contributed by atoms with E-state index in [0.717, 1.165) is 0 Å². The van der Waals surface area contributed by atoms with Crippen LogP contribution in [0.3, 0.4) is 0 Å². The summed E-state index contributed by atoms with van der Waals surface area (Å²) < 4.78 is 32.5. The van der Waals surface area contributed by atoms with Gasteiger partial charge >= 0.3 is 0 Å². The quantitative estimate of drug-likeness (QED) is 0.587. The zero-order valence-electron chi connectivity index (χ0n) is 18.0. The Bertz CT molecular complexity index is 1000. The number of likely N-dealkylation sites (tertiary alicyclic amines) is 1. The number of piperidine rings is 1. The van der Waals surface area contributed by atoms with E-state index in [1.54, 1.807) is 41.6 Å². The first-order valence-corrected chi connectivity index (χ1v) is 12.1. The number of rotatable bonds is 9. The van der Waals surface area contributed by atoms with E-state index < -0.39 is 10.0 Å². The van der Waals surface area contributed by atoms with E-state index in [-0.39, 0.29) is 35.7 Å². The highest BCUT2D eigenvalue weighted by molar-refractivity contribution is 7.89. The van der Waals surface area contributed by atoms with E-state index in [1.165, 1.54) is 12.1 Å². The highest BCUT2D eigenvalue weighted by Gasteiger charge is 2.24. The zero-order chi connectivity index (χ0) is 23.0. The number of benzene rings is 1. The molecule has 2 heterocycles. The fourth-order valence-corrected chi connectivity index (χ4v) is 4.50. The minimum atomic E-state index is -3.70. The molecule has 1 aliphatic heterocycles. The summed E-state index contributed by atoms with van der Waals surface area (Å²) in [5.74, 6) is 0.332. The second kappa shape index (κ2) is 11.1. The Morgan fingerprint density at radius 1 is 1.09 bits per heavy atom. The van der Waals surface area contributed by atoms with Crippen molar-refractivity contribution in [3.05, 3.63) is 54.4 Å². The normalized spacial score (nSPS) is 14.7. The lowest BCUT2D eigenvalue weighted by Crippen LogP contribution is -2.47. The van der Waals surface area contributed by atoms with Gasteiger partial charge in [0.05, 0.1) is 11.5 Å². The first-order valence-electron chi connectivity index (χ1n) is 10.6. The van der Waals surface area contributed by atoms with Crippen LogP contribution < -0.4 is 14.8 Å². The van der Waals surface area contributed by atoms with Gasteiger partial charge < -0.3 is 15.0 Å². The third kappa shape index (κ3) is 6.51. The van der Waals surface area contributed by atoms with Crippen LogP contribution in [0.25, 0.3) is 0 Å². The second-order valence-electron chi connectivity index (χ2n) is 7.42. The van der Waals surface area contributed by atoms with Gasteiger partial charge in [-0.05, 0) is 56.2 Å². The predicted molar refractivity (Wildman–Crippen MR) is 119 cm³/mol. The number of aromatic nitrogens is 1. The highest BCUT2D eigenvalue weighted by atomic mass is 32.2. The molecule has 2 N–H and O–H groups in total. The van der Waals surface area contributed by atoms with E-state index in [4.69, 9.17) is 4.74 Å². The lowest BCUT2D eigenvalue weighted by atomic mass is 10.0. The Balaban J connectivity index is 1.39. The van der Waals surface area contributed by atoms with Crippen LogP contribution in [0, 0.1) is 0 Å². The molecule has 0 atom stereocenters. The van der Waals surface area contributed by atoms with Crippen molar-refractivity contribution in [2.45, 2.75) is 37.1 Å². The van der Waals surface area contributed by atoms with E-state index in [9.17, 15) is 18.0 Å². The van der Waals surface area contributed by atoms with Crippen LogP contribution >= 0.6 is 0 Å². The van der Waals surface area contributed by atoms with Gasteiger partial charge in [0.1, 0.15) is 5.75 Å². The molecule has 1 fully saturated rings. The first-order chi connectivity index (χ1) is 15.4. The van der Waals surface area contributed by atoms with Crippen LogP contribution in [-0.4, -0.2) is 62.4 Å². The molecule has 1 aliphatic rings. The maximum atomic E-state index is 12.5. The molecule has 2 amide bonds. The number of nitrogens with one attached hydrogen (secondary N) is 2. The summed E-state index contributed by atoms with van der Waals surface area (Å²) in [6.45, 7) is 3.45. The summed E-state index contributed by atoms with van der Waals surface area (Å²) in [6.07, 6.45) is 4.52. The van der Waals surface area contributed by atoms with Crippen molar-refractivity contribution in [3.8, 4) is 5.75 Å². The molecule has 0 bridgehead atoms. The zero-order valence-corrected chi connectivity index (χ0v) is 18.8. The van der Waals surface area contributed by atoms with Crippen molar-refractivity contribution in [1.29, 1.82) is 0 Å². The summed E-state index contributed by atoms with van der Waals surface area (Å²) in [5, 5.41) is 2.93. The molecule has 0 unspecified atom stereocenters. The molecule has 10 heteroatoms. The van der Waals surface area contributed by atoms with E-state index in [0.29, 0.717) is 43.9 Å². The molecule has 172 valence electrons. The molecule has 1 saturated heterocycles. The SMILES string of the molecule is CCOc1ccc(S(=O)(=O)NCCC(=O)NC2CCN(C(=O)c3ccncc3)CC2)cc1. The van der Waals surface area contributed by atoms with E-state index in [2.05, 4.69) is 15.0 Å². The summed E-state index contributed by atoms with van der Waals surface area (Å²) in [6, 6.07) is 9.46. The maximum absolute atomic E-state index is 12.5. The number of hydrogen-bond donors (Lipinski definition) is 2. The average molecular weight is 461 g/mol. The Labute approximate surface area is 188 Å². The minimum absolute atomic E-state index is 0.000746. The third-order valence-electron chi connectivity index (χ3n) is 5.16. The van der Waals surface area contributed by atoms with Crippen molar-refractivity contribution < 1.29 is 22.7 Å². The van der Waals surface area contributed by atoms with Crippen molar-refractivity contribution in [2.24, 2.45) is 0 Å². The summed E-state index contributed by atoms with van der Waals surface area (Å²) in [5.41, 5.74) is 0.599. The van der Waals surface area contributed by atoms with Gasteiger partial charge in [-0.15, -0.1) is 0 Å². The van der Waals surface area contributed by atoms with Gasteiger partial charge in [0, 0.05) is 50.1 Å². The molecule has 0 saturated carbocycles. The average Bonchev–Trinajstić information content (AvgIpc) is 2.80. The van der Waals surface area contributed by atoms with Crippen molar-refractivity contribution in [2.75, 3.05) is 26.2 Å². The smallest absolute Gasteiger partial charge is 0.253 e. The van der Waals surface area contributed by atoms with Crippen LogP contribution in [0.5, 0.6) is 5.75 Å². The number of sulfonamides is 1. The van der Waals surface area contributed by atoms with Crippen LogP contribution in [0.4, 0.5) is 0 Å². The summed E-state index contributed by atoms with van der Waals surface area (Å²) >= 11 is 0. The van der Waals surface area contributed by atoms with Gasteiger partial charge in [0.2, 0.25) is 15.9 Å². The van der Waals surface area contributed by atoms with Gasteiger partial charge in [-0.1, -0.05) is 0 Å². The van der Waals surface area contributed by atoms with Gasteiger partial charge in [0.15, 0.2) is 0 Å². The molecular formula is C22H28N4O5S. The molecular weight excluding hydrogens is 432 g/mol. The minimum Gasteiger partial charge on any atom is -0.494 e. The highest BCUT2D eigenvalue weighted by Crippen LogP contribution is 2.16. The first kappa shape index (κ1) is 23.7. The van der Waals surface area contributed by atoms with Crippen LogP contribution in [0.2, 0.25) is 0 Å². The largest absolute Gasteiger partial charge is 0.494 e. The number of carbonyl (C=O) groups excluding carboxylic acids is 2. The number of hydrogen-bond acceptors (Lipinski definition) is 6. The van der Waals surface area contributed by atoms with Gasteiger partial charge in [0.25, 0.3) is 5.91 Å². The fraction of sp³-hybridized carbons (Fsp3) is 0.409. The van der Waals surface area contributed by atoms with Crippen LogP contribution in [-0.2, 0) is 14.8 Å². The lowest BCUT2D eigenvalue weighted by Gasteiger charge is -2.32. The standard InChI is InChI=1S/C22H28N4O5S/c1-2-31-19-3-5-20(6-4-19)32(29,30)24-14-9-21(27)25-18-10-15-26(16-11-18)22(28)17-7-12-23-13-8-17/h3-8,12-13,18,24H,2,9-11,14-16H2,1H3,(H,25,27). The Hall–Kier alpha value is -2.98. The molecule has 0 radical (unpaired) electrons. The molecule has 0 spiro atoms. The van der Waals surface area contributed by atoms with E-state index in [1.807, 2.05) is 6.92 Å². The van der Waals surface area contributed by atoms with Crippen molar-refractivity contribution in [1.82, 2.24) is 19.9 Å². The van der Waals surface area contributed by atoms with Gasteiger partial charge in [-0.3, -0.25) is 14.6 Å². The fourth-order valence-electron chi connectivity index (χ4n) is 3.47. The number of pyridine rings is 1. The molecule has 9 nitrogen and oxygen atoms in total. The number of carbonyl (C=O) groups is 2. The van der Waals surface area contributed by atoms with Gasteiger partial charge in [-0.2, -0.15) is 0 Å².